The predicted molar refractivity (Wildman–Crippen MR) is 103 cm³/mol. The fraction of sp³-hybridized carbons (Fsp3) is 0.500. The molecular formula is C18H22N4O5S. The SMILES string of the molecule is CC(C)(C)OC(=O)N1CCC([S@](=O)c2cnc3cc([N+](=O)[O-])ccc3n2)CC1. The number of amides is 1. The lowest BCUT2D eigenvalue weighted by Crippen LogP contribution is -2.43. The average Bonchev–Trinajstić information content (AvgIpc) is 2.65. The van der Waals surface area contributed by atoms with Crippen LogP contribution in [-0.2, 0) is 15.5 Å². The first-order valence-corrected chi connectivity index (χ1v) is 10.1. The van der Waals surface area contributed by atoms with Crippen molar-refractivity contribution in [1.29, 1.82) is 0 Å². The minimum Gasteiger partial charge on any atom is -0.444 e. The van der Waals surface area contributed by atoms with Crippen LogP contribution in [0.1, 0.15) is 33.6 Å². The van der Waals surface area contributed by atoms with Gasteiger partial charge in [-0.25, -0.2) is 9.78 Å². The number of hydrogen-bond acceptors (Lipinski definition) is 7. The van der Waals surface area contributed by atoms with Crippen LogP contribution < -0.4 is 0 Å². The topological polar surface area (TPSA) is 116 Å². The number of fused-ring (bicyclic) bond motifs is 1. The summed E-state index contributed by atoms with van der Waals surface area (Å²) >= 11 is 0. The molecule has 1 aromatic heterocycles. The van der Waals surface area contributed by atoms with Crippen LogP contribution in [0.3, 0.4) is 0 Å². The maximum atomic E-state index is 12.9. The number of likely N-dealkylation sites (tertiary alicyclic amines) is 1. The number of nitrogens with zero attached hydrogens (tertiary/aromatic N) is 4. The minimum absolute atomic E-state index is 0.0646. The molecule has 150 valence electrons. The lowest BCUT2D eigenvalue weighted by atomic mass is 10.1. The first kappa shape index (κ1) is 20.1. The van der Waals surface area contributed by atoms with Gasteiger partial charge in [0.15, 0.2) is 0 Å². The van der Waals surface area contributed by atoms with E-state index in [1.807, 2.05) is 20.8 Å². The third kappa shape index (κ3) is 4.61. The van der Waals surface area contributed by atoms with Gasteiger partial charge in [-0.2, -0.15) is 0 Å². The Morgan fingerprint density at radius 1 is 1.29 bits per heavy atom. The van der Waals surface area contributed by atoms with E-state index < -0.39 is 21.3 Å². The second-order valence-electron chi connectivity index (χ2n) is 7.60. The number of aromatic nitrogens is 2. The molecule has 9 nitrogen and oxygen atoms in total. The Hall–Kier alpha value is -2.62. The van der Waals surface area contributed by atoms with Gasteiger partial charge in [0.05, 0.1) is 33.0 Å². The number of carbonyl (C=O) groups excluding carboxylic acids is 1. The van der Waals surface area contributed by atoms with Crippen molar-refractivity contribution < 1.29 is 18.7 Å². The predicted octanol–water partition coefficient (Wildman–Crippen LogP) is 3.05. The van der Waals surface area contributed by atoms with E-state index in [1.54, 1.807) is 4.90 Å². The van der Waals surface area contributed by atoms with Gasteiger partial charge in [0.1, 0.15) is 10.6 Å². The van der Waals surface area contributed by atoms with Crippen molar-refractivity contribution in [3.05, 3.63) is 34.5 Å². The quantitative estimate of drug-likeness (QED) is 0.568. The van der Waals surface area contributed by atoms with Crippen LogP contribution in [0, 0.1) is 10.1 Å². The number of nitro benzene ring substituents is 1. The summed E-state index contributed by atoms with van der Waals surface area (Å²) in [5.41, 5.74) is 0.231. The van der Waals surface area contributed by atoms with Crippen LogP contribution in [0.25, 0.3) is 11.0 Å². The highest BCUT2D eigenvalue weighted by molar-refractivity contribution is 7.85. The van der Waals surface area contributed by atoms with Gasteiger partial charge in [0.25, 0.3) is 5.69 Å². The molecule has 1 atom stereocenters. The molecule has 1 saturated heterocycles. The summed E-state index contributed by atoms with van der Waals surface area (Å²) in [7, 11) is -1.37. The van der Waals surface area contributed by atoms with Crippen molar-refractivity contribution in [3.8, 4) is 0 Å². The van der Waals surface area contributed by atoms with Gasteiger partial charge in [0, 0.05) is 30.5 Å². The third-order valence-electron chi connectivity index (χ3n) is 4.32. The van der Waals surface area contributed by atoms with Crippen LogP contribution in [0.4, 0.5) is 10.5 Å². The molecule has 1 aromatic carbocycles. The van der Waals surface area contributed by atoms with Gasteiger partial charge in [-0.3, -0.25) is 19.3 Å². The summed E-state index contributed by atoms with van der Waals surface area (Å²) < 4.78 is 18.3. The van der Waals surface area contributed by atoms with Crippen LogP contribution in [0.5, 0.6) is 0 Å². The summed E-state index contributed by atoms with van der Waals surface area (Å²) in [5.74, 6) is 0. The van der Waals surface area contributed by atoms with E-state index in [9.17, 15) is 19.1 Å². The van der Waals surface area contributed by atoms with E-state index in [0.717, 1.165) is 0 Å². The van der Waals surface area contributed by atoms with E-state index in [2.05, 4.69) is 9.97 Å². The van der Waals surface area contributed by atoms with E-state index in [1.165, 1.54) is 24.4 Å². The number of hydrogen-bond donors (Lipinski definition) is 0. The fourth-order valence-electron chi connectivity index (χ4n) is 2.94. The molecular weight excluding hydrogens is 384 g/mol. The van der Waals surface area contributed by atoms with E-state index >= 15 is 0 Å². The lowest BCUT2D eigenvalue weighted by Gasteiger charge is -2.32. The average molecular weight is 406 g/mol. The first-order valence-electron chi connectivity index (χ1n) is 8.94. The summed E-state index contributed by atoms with van der Waals surface area (Å²) in [4.78, 5) is 32.7. The number of benzene rings is 1. The maximum Gasteiger partial charge on any atom is 0.410 e. The molecule has 0 spiro atoms. The van der Waals surface area contributed by atoms with Gasteiger partial charge < -0.3 is 9.64 Å². The smallest absolute Gasteiger partial charge is 0.410 e. The van der Waals surface area contributed by atoms with Crippen molar-refractivity contribution in [2.24, 2.45) is 0 Å². The van der Waals surface area contributed by atoms with Crippen LogP contribution in [0.2, 0.25) is 0 Å². The van der Waals surface area contributed by atoms with Gasteiger partial charge in [0.2, 0.25) is 0 Å². The Morgan fingerprint density at radius 3 is 2.57 bits per heavy atom. The zero-order valence-corrected chi connectivity index (χ0v) is 16.8. The molecule has 0 unspecified atom stereocenters. The molecule has 2 aromatic rings. The van der Waals surface area contributed by atoms with Crippen LogP contribution >= 0.6 is 0 Å². The summed E-state index contributed by atoms with van der Waals surface area (Å²) in [5, 5.41) is 11.1. The molecule has 1 aliphatic heterocycles. The van der Waals surface area contributed by atoms with Crippen molar-refractivity contribution in [2.75, 3.05) is 13.1 Å². The van der Waals surface area contributed by atoms with Crippen molar-refractivity contribution in [2.45, 2.75) is 49.5 Å². The monoisotopic (exact) mass is 406 g/mol. The molecule has 0 N–H and O–H groups in total. The second-order valence-corrected chi connectivity index (χ2v) is 9.28. The zero-order chi connectivity index (χ0) is 20.5. The molecule has 0 bridgehead atoms. The van der Waals surface area contributed by atoms with E-state index in [4.69, 9.17) is 4.74 Å². The fourth-order valence-corrected chi connectivity index (χ4v) is 4.27. The largest absolute Gasteiger partial charge is 0.444 e. The van der Waals surface area contributed by atoms with E-state index in [-0.39, 0.29) is 17.0 Å². The first-order chi connectivity index (χ1) is 13.1. The Kier molecular flexibility index (Phi) is 5.59. The maximum absolute atomic E-state index is 12.9. The van der Waals surface area contributed by atoms with Gasteiger partial charge in [-0.1, -0.05) is 0 Å². The molecule has 0 aliphatic carbocycles. The number of piperidine rings is 1. The number of rotatable bonds is 3. The second kappa shape index (κ2) is 7.78. The standard InChI is InChI=1S/C18H22N4O5S/c1-18(2,3)27-17(23)21-8-6-13(7-9-21)28(26)16-11-19-15-10-12(22(24)25)4-5-14(15)20-16/h4-5,10-11,13H,6-9H2,1-3H3/t28-/m0/s1. The molecule has 10 heteroatoms. The summed E-state index contributed by atoms with van der Waals surface area (Å²) in [6.07, 6.45) is 2.20. The Balaban J connectivity index is 1.67. The number of carbonyl (C=O) groups is 1. The van der Waals surface area contributed by atoms with Gasteiger partial charge in [-0.15, -0.1) is 0 Å². The van der Waals surface area contributed by atoms with Crippen molar-refractivity contribution >= 4 is 33.6 Å². The molecule has 2 heterocycles. The Labute approximate surface area is 164 Å². The van der Waals surface area contributed by atoms with Crippen molar-refractivity contribution in [1.82, 2.24) is 14.9 Å². The highest BCUT2D eigenvalue weighted by Gasteiger charge is 2.30. The molecule has 1 aliphatic rings. The molecule has 28 heavy (non-hydrogen) atoms. The van der Waals surface area contributed by atoms with Crippen LogP contribution in [0.15, 0.2) is 29.4 Å². The van der Waals surface area contributed by atoms with Crippen LogP contribution in [-0.4, -0.2) is 54.0 Å². The highest BCUT2D eigenvalue weighted by Crippen LogP contribution is 2.24. The molecule has 3 rings (SSSR count). The van der Waals surface area contributed by atoms with E-state index in [0.29, 0.717) is 42.0 Å². The molecule has 0 radical (unpaired) electrons. The third-order valence-corrected chi connectivity index (χ3v) is 6.00. The Bertz CT molecular complexity index is 935. The van der Waals surface area contributed by atoms with Gasteiger partial charge >= 0.3 is 6.09 Å². The number of non-ortho nitro benzene ring substituents is 1. The lowest BCUT2D eigenvalue weighted by molar-refractivity contribution is -0.384. The summed E-state index contributed by atoms with van der Waals surface area (Å²) in [6, 6.07) is 4.20. The highest BCUT2D eigenvalue weighted by atomic mass is 32.2. The zero-order valence-electron chi connectivity index (χ0n) is 16.0. The number of nitro groups is 1. The Morgan fingerprint density at radius 2 is 1.96 bits per heavy atom. The van der Waals surface area contributed by atoms with Crippen molar-refractivity contribution in [3.63, 3.8) is 0 Å². The minimum atomic E-state index is -1.37. The molecule has 1 fully saturated rings. The number of ether oxygens (including phenoxy) is 1. The normalized spacial score (nSPS) is 16.8. The van der Waals surface area contributed by atoms with Gasteiger partial charge in [-0.05, 0) is 39.7 Å². The molecule has 1 amide bonds. The summed E-state index contributed by atoms with van der Waals surface area (Å²) in [6.45, 7) is 6.40. The molecule has 0 saturated carbocycles.